The molecule has 9 heteroatoms. The van der Waals surface area contributed by atoms with E-state index in [1.54, 1.807) is 18.1 Å². The molecule has 0 bridgehead atoms. The number of carbonyl (C=O) groups excluding carboxylic acids is 2. The minimum Gasteiger partial charge on any atom is -0.469 e. The van der Waals surface area contributed by atoms with E-state index in [0.29, 0.717) is 38.7 Å². The fourth-order valence-electron chi connectivity index (χ4n) is 3.18. The van der Waals surface area contributed by atoms with Crippen LogP contribution in [-0.4, -0.2) is 67.4 Å². The summed E-state index contributed by atoms with van der Waals surface area (Å²) in [7, 11) is 0. The molecule has 2 N–H and O–H groups in total. The van der Waals surface area contributed by atoms with Gasteiger partial charge in [-0.3, -0.25) is 9.79 Å². The first-order valence-corrected chi connectivity index (χ1v) is 11.0. The van der Waals surface area contributed by atoms with E-state index in [-0.39, 0.29) is 24.5 Å². The lowest BCUT2D eigenvalue weighted by atomic mass is 10.1. The normalized spacial score (nSPS) is 15.5. The van der Waals surface area contributed by atoms with Crippen molar-refractivity contribution in [2.45, 2.75) is 65.0 Å². The van der Waals surface area contributed by atoms with Crippen molar-refractivity contribution in [3.63, 3.8) is 0 Å². The summed E-state index contributed by atoms with van der Waals surface area (Å²) in [5.74, 6) is 1.27. The van der Waals surface area contributed by atoms with Gasteiger partial charge < -0.3 is 29.4 Å². The second kappa shape index (κ2) is 12.2. The zero-order valence-electron chi connectivity index (χ0n) is 19.1. The number of ether oxygens (including phenoxy) is 2. The van der Waals surface area contributed by atoms with Gasteiger partial charge in [-0.25, -0.2) is 4.79 Å². The highest BCUT2D eigenvalue weighted by Crippen LogP contribution is 2.12. The predicted molar refractivity (Wildman–Crippen MR) is 118 cm³/mol. The molecule has 0 radical (unpaired) electrons. The van der Waals surface area contributed by atoms with Gasteiger partial charge in [0.05, 0.1) is 25.8 Å². The van der Waals surface area contributed by atoms with E-state index in [0.717, 1.165) is 25.0 Å². The second-order valence-electron chi connectivity index (χ2n) is 8.43. The molecule has 0 saturated carbocycles. The molecule has 1 aromatic rings. The van der Waals surface area contributed by atoms with Crippen molar-refractivity contribution in [3.05, 3.63) is 24.2 Å². The average Bonchev–Trinajstić information content (AvgIpc) is 3.20. The lowest BCUT2D eigenvalue weighted by Crippen LogP contribution is -2.50. The monoisotopic (exact) mass is 436 g/mol. The van der Waals surface area contributed by atoms with Gasteiger partial charge in [-0.1, -0.05) is 0 Å². The van der Waals surface area contributed by atoms with E-state index in [1.165, 1.54) is 0 Å². The summed E-state index contributed by atoms with van der Waals surface area (Å²) in [6.45, 7) is 9.97. The van der Waals surface area contributed by atoms with Crippen LogP contribution in [0.3, 0.4) is 0 Å². The molecule has 9 nitrogen and oxygen atoms in total. The molecule has 1 aromatic heterocycles. The summed E-state index contributed by atoms with van der Waals surface area (Å²) in [4.78, 5) is 30.1. The van der Waals surface area contributed by atoms with E-state index in [2.05, 4.69) is 15.6 Å². The lowest BCUT2D eigenvalue weighted by molar-refractivity contribution is -0.154. The Balaban J connectivity index is 1.86. The number of guanidine groups is 1. The van der Waals surface area contributed by atoms with Gasteiger partial charge in [0.25, 0.3) is 0 Å². The quantitative estimate of drug-likeness (QED) is 0.367. The Morgan fingerprint density at radius 1 is 1.29 bits per heavy atom. The summed E-state index contributed by atoms with van der Waals surface area (Å²) in [5, 5.41) is 6.73. The molecular weight excluding hydrogens is 400 g/mol. The number of amides is 1. The van der Waals surface area contributed by atoms with Gasteiger partial charge in [-0.2, -0.15) is 0 Å². The van der Waals surface area contributed by atoms with Gasteiger partial charge in [0.15, 0.2) is 5.96 Å². The average molecular weight is 437 g/mol. The molecule has 174 valence electrons. The maximum absolute atomic E-state index is 12.0. The summed E-state index contributed by atoms with van der Waals surface area (Å²) >= 11 is 0. The highest BCUT2D eigenvalue weighted by molar-refractivity contribution is 5.80. The van der Waals surface area contributed by atoms with Crippen LogP contribution in [0.2, 0.25) is 0 Å². The lowest BCUT2D eigenvalue weighted by Gasteiger charge is -2.32. The standard InChI is InChI=1S/C22H36N4O5/c1-5-29-21(28)26-14-10-17(11-15-26)25-20(23-12-8-18-7-6-16-30-18)24-13-9-19(27)31-22(2,3)4/h6-7,16-17H,5,8-15H2,1-4H3,(H2,23,24,25). The minimum absolute atomic E-state index is 0.182. The van der Waals surface area contributed by atoms with Crippen LogP contribution in [-0.2, 0) is 20.7 Å². The Morgan fingerprint density at radius 2 is 2.03 bits per heavy atom. The molecular formula is C22H36N4O5. The number of rotatable bonds is 8. The van der Waals surface area contributed by atoms with Crippen molar-refractivity contribution in [1.29, 1.82) is 0 Å². The number of hydrogen-bond acceptors (Lipinski definition) is 6. The van der Waals surface area contributed by atoms with Crippen LogP contribution in [0.5, 0.6) is 0 Å². The first-order valence-electron chi connectivity index (χ1n) is 11.0. The van der Waals surface area contributed by atoms with Crippen molar-refractivity contribution in [3.8, 4) is 0 Å². The molecule has 2 rings (SSSR count). The summed E-state index contributed by atoms with van der Waals surface area (Å²) < 4.78 is 15.8. The van der Waals surface area contributed by atoms with E-state index >= 15 is 0 Å². The number of hydrogen-bond donors (Lipinski definition) is 2. The van der Waals surface area contributed by atoms with Crippen LogP contribution in [0, 0.1) is 0 Å². The number of likely N-dealkylation sites (tertiary alicyclic amines) is 1. The second-order valence-corrected chi connectivity index (χ2v) is 8.43. The SMILES string of the molecule is CCOC(=O)N1CCC(NC(=NCCC(=O)OC(C)(C)C)NCCc2ccco2)CC1. The molecule has 31 heavy (non-hydrogen) atoms. The zero-order chi connectivity index (χ0) is 22.7. The van der Waals surface area contributed by atoms with Crippen LogP contribution < -0.4 is 10.6 Å². The third kappa shape index (κ3) is 9.76. The topological polar surface area (TPSA) is 105 Å². The largest absolute Gasteiger partial charge is 0.469 e. The van der Waals surface area contributed by atoms with Crippen molar-refractivity contribution < 1.29 is 23.5 Å². The number of aliphatic imine (C=N–C) groups is 1. The molecule has 0 aromatic carbocycles. The first-order chi connectivity index (χ1) is 14.8. The Hall–Kier alpha value is -2.71. The van der Waals surface area contributed by atoms with Gasteiger partial charge in [0.1, 0.15) is 11.4 Å². The minimum atomic E-state index is -0.504. The number of carbonyl (C=O) groups is 2. The molecule has 1 aliphatic heterocycles. The number of furan rings is 1. The Bertz CT molecular complexity index is 704. The highest BCUT2D eigenvalue weighted by atomic mass is 16.6. The molecule has 0 aliphatic carbocycles. The molecule has 1 fully saturated rings. The third-order valence-corrected chi connectivity index (χ3v) is 4.61. The predicted octanol–water partition coefficient (Wildman–Crippen LogP) is 2.71. The number of nitrogens with zero attached hydrogens (tertiary/aromatic N) is 2. The Morgan fingerprint density at radius 3 is 2.65 bits per heavy atom. The number of esters is 1. The maximum Gasteiger partial charge on any atom is 0.409 e. The molecule has 1 amide bonds. The van der Waals surface area contributed by atoms with Gasteiger partial charge in [-0.05, 0) is 52.7 Å². The molecule has 2 heterocycles. The van der Waals surface area contributed by atoms with Crippen molar-refractivity contribution in [2.24, 2.45) is 4.99 Å². The fraction of sp³-hybridized carbons (Fsp3) is 0.682. The van der Waals surface area contributed by atoms with Crippen LogP contribution in [0.1, 0.15) is 52.7 Å². The van der Waals surface area contributed by atoms with Crippen molar-refractivity contribution in [2.75, 3.05) is 32.8 Å². The molecule has 1 aliphatic rings. The number of piperidine rings is 1. The summed E-state index contributed by atoms with van der Waals surface area (Å²) in [6.07, 6.45) is 3.92. The van der Waals surface area contributed by atoms with E-state index in [1.807, 2.05) is 32.9 Å². The van der Waals surface area contributed by atoms with Gasteiger partial charge in [0.2, 0.25) is 0 Å². The number of nitrogens with one attached hydrogen (secondary N) is 2. The van der Waals surface area contributed by atoms with Crippen LogP contribution in [0.15, 0.2) is 27.8 Å². The van der Waals surface area contributed by atoms with Crippen molar-refractivity contribution in [1.82, 2.24) is 15.5 Å². The van der Waals surface area contributed by atoms with E-state index in [9.17, 15) is 9.59 Å². The van der Waals surface area contributed by atoms with Crippen LogP contribution >= 0.6 is 0 Å². The molecule has 0 unspecified atom stereocenters. The molecule has 1 saturated heterocycles. The highest BCUT2D eigenvalue weighted by Gasteiger charge is 2.24. The molecule has 0 spiro atoms. The fourth-order valence-corrected chi connectivity index (χ4v) is 3.18. The summed E-state index contributed by atoms with van der Waals surface area (Å²) in [6, 6.07) is 3.97. The smallest absolute Gasteiger partial charge is 0.409 e. The van der Waals surface area contributed by atoms with E-state index < -0.39 is 5.60 Å². The Kier molecular flexibility index (Phi) is 9.68. The van der Waals surface area contributed by atoms with Gasteiger partial charge >= 0.3 is 12.1 Å². The Labute approximate surface area is 184 Å². The van der Waals surface area contributed by atoms with Gasteiger partial charge in [0, 0.05) is 32.1 Å². The third-order valence-electron chi connectivity index (χ3n) is 4.61. The van der Waals surface area contributed by atoms with Gasteiger partial charge in [-0.15, -0.1) is 0 Å². The van der Waals surface area contributed by atoms with Crippen molar-refractivity contribution >= 4 is 18.0 Å². The van der Waals surface area contributed by atoms with Crippen LogP contribution in [0.25, 0.3) is 0 Å². The molecule has 0 atom stereocenters. The zero-order valence-corrected chi connectivity index (χ0v) is 19.1. The summed E-state index contributed by atoms with van der Waals surface area (Å²) in [5.41, 5.74) is -0.504. The first kappa shape index (κ1) is 24.6. The van der Waals surface area contributed by atoms with E-state index in [4.69, 9.17) is 13.9 Å². The van der Waals surface area contributed by atoms with Crippen LogP contribution in [0.4, 0.5) is 4.79 Å². The maximum atomic E-state index is 12.0.